The van der Waals surface area contributed by atoms with Gasteiger partial charge in [0, 0.05) is 17.4 Å². The van der Waals surface area contributed by atoms with Crippen molar-refractivity contribution in [2.24, 2.45) is 0 Å². The average molecular weight is 524 g/mol. The summed E-state index contributed by atoms with van der Waals surface area (Å²) in [4.78, 5) is 25.8. The van der Waals surface area contributed by atoms with Crippen LogP contribution in [0.1, 0.15) is 67.1 Å². The number of aryl methyl sites for hydroxylation is 3. The Labute approximate surface area is 224 Å². The van der Waals surface area contributed by atoms with E-state index in [4.69, 9.17) is 14.2 Å². The van der Waals surface area contributed by atoms with Crippen LogP contribution in [0.25, 0.3) is 11.1 Å². The Morgan fingerprint density at radius 1 is 0.919 bits per heavy atom. The number of rotatable bonds is 13. The van der Waals surface area contributed by atoms with Crippen LogP contribution in [0.15, 0.2) is 41.8 Å². The molecule has 0 aliphatic heterocycles. The van der Waals surface area contributed by atoms with Crippen molar-refractivity contribution in [2.75, 3.05) is 25.1 Å². The second kappa shape index (κ2) is 13.8. The molecule has 0 fully saturated rings. The summed E-state index contributed by atoms with van der Waals surface area (Å²) in [5, 5.41) is 5.36. The van der Waals surface area contributed by atoms with E-state index in [1.165, 1.54) is 11.3 Å². The predicted molar refractivity (Wildman–Crippen MR) is 150 cm³/mol. The molecule has 37 heavy (non-hydrogen) atoms. The molecule has 3 aromatic rings. The van der Waals surface area contributed by atoms with Gasteiger partial charge in [0.25, 0.3) is 0 Å². The quantitative estimate of drug-likeness (QED) is 0.187. The van der Waals surface area contributed by atoms with Gasteiger partial charge in [-0.2, -0.15) is 0 Å². The van der Waals surface area contributed by atoms with E-state index in [0.717, 1.165) is 46.4 Å². The molecule has 0 radical (unpaired) electrons. The fourth-order valence-corrected chi connectivity index (χ4v) is 5.00. The normalized spacial score (nSPS) is 10.7. The molecule has 0 bridgehead atoms. The van der Waals surface area contributed by atoms with Gasteiger partial charge in [-0.15, -0.1) is 11.3 Å². The molecule has 0 atom stereocenters. The molecule has 3 rings (SSSR count). The lowest BCUT2D eigenvalue weighted by Crippen LogP contribution is -2.15. The number of unbranched alkanes of at least 4 members (excludes halogenated alkanes) is 1. The van der Waals surface area contributed by atoms with Crippen LogP contribution in [0, 0.1) is 13.8 Å². The van der Waals surface area contributed by atoms with Crippen LogP contribution in [0.3, 0.4) is 0 Å². The zero-order valence-electron chi connectivity index (χ0n) is 22.4. The number of thiophene rings is 1. The lowest BCUT2D eigenvalue weighted by molar-refractivity contribution is -0.116. The second-order valence-corrected chi connectivity index (χ2v) is 9.74. The zero-order chi connectivity index (χ0) is 26.8. The first-order valence-corrected chi connectivity index (χ1v) is 13.8. The topological polar surface area (TPSA) is 73.9 Å². The summed E-state index contributed by atoms with van der Waals surface area (Å²) in [6, 6.07) is 11.9. The summed E-state index contributed by atoms with van der Waals surface area (Å²) >= 11 is 1.34. The highest BCUT2D eigenvalue weighted by molar-refractivity contribution is 7.15. The number of hydrogen-bond acceptors (Lipinski definition) is 6. The Hall–Kier alpha value is -3.32. The molecule has 7 heteroatoms. The minimum Gasteiger partial charge on any atom is -0.490 e. The minimum absolute atomic E-state index is 0.166. The molecule has 6 nitrogen and oxygen atoms in total. The fraction of sp³-hybridized carbons (Fsp3) is 0.400. The van der Waals surface area contributed by atoms with Gasteiger partial charge in [-0.3, -0.25) is 4.79 Å². The maximum Gasteiger partial charge on any atom is 0.341 e. The number of anilines is 1. The van der Waals surface area contributed by atoms with Gasteiger partial charge >= 0.3 is 5.97 Å². The molecule has 1 N–H and O–H groups in total. The van der Waals surface area contributed by atoms with Gasteiger partial charge < -0.3 is 19.5 Å². The van der Waals surface area contributed by atoms with Crippen molar-refractivity contribution in [3.05, 3.63) is 64.0 Å². The molecule has 0 spiro atoms. The van der Waals surface area contributed by atoms with Gasteiger partial charge in [-0.05, 0) is 69.4 Å². The third-order valence-corrected chi connectivity index (χ3v) is 6.80. The van der Waals surface area contributed by atoms with Crippen molar-refractivity contribution in [2.45, 2.75) is 60.3 Å². The van der Waals surface area contributed by atoms with Crippen LogP contribution >= 0.6 is 11.3 Å². The standard InChI is InChI=1S/C30H37NO5S/c1-6-9-16-36-25-14-11-22(18-26(25)34-7-2)12-15-27(32)31-29-28(30(33)35-8-3)24(19-37-29)23-13-10-20(4)17-21(23)5/h10-11,13-14,17-19H,6-9,12,15-16H2,1-5H3,(H,31,32). The fourth-order valence-electron chi connectivity index (χ4n) is 4.04. The van der Waals surface area contributed by atoms with Crippen LogP contribution in [0.5, 0.6) is 11.5 Å². The third kappa shape index (κ3) is 7.59. The summed E-state index contributed by atoms with van der Waals surface area (Å²) in [7, 11) is 0. The smallest absolute Gasteiger partial charge is 0.341 e. The van der Waals surface area contributed by atoms with Gasteiger partial charge in [0.1, 0.15) is 10.6 Å². The molecule has 1 amide bonds. The molecular formula is C30H37NO5S. The van der Waals surface area contributed by atoms with Crippen molar-refractivity contribution in [1.29, 1.82) is 0 Å². The number of amides is 1. The largest absolute Gasteiger partial charge is 0.490 e. The molecule has 0 aliphatic carbocycles. The van der Waals surface area contributed by atoms with Crippen molar-refractivity contribution in [3.8, 4) is 22.6 Å². The number of benzene rings is 2. The molecule has 1 aromatic heterocycles. The second-order valence-electron chi connectivity index (χ2n) is 8.86. The van der Waals surface area contributed by atoms with Crippen molar-refractivity contribution in [3.63, 3.8) is 0 Å². The highest BCUT2D eigenvalue weighted by atomic mass is 32.1. The Morgan fingerprint density at radius 3 is 2.43 bits per heavy atom. The number of nitrogens with one attached hydrogen (secondary N) is 1. The molecule has 1 heterocycles. The highest BCUT2D eigenvalue weighted by Crippen LogP contribution is 2.38. The first-order chi connectivity index (χ1) is 17.9. The zero-order valence-corrected chi connectivity index (χ0v) is 23.3. The van der Waals surface area contributed by atoms with E-state index in [0.29, 0.717) is 35.9 Å². The van der Waals surface area contributed by atoms with Crippen LogP contribution < -0.4 is 14.8 Å². The molecule has 2 aromatic carbocycles. The molecule has 0 unspecified atom stereocenters. The van der Waals surface area contributed by atoms with E-state index in [2.05, 4.69) is 18.3 Å². The van der Waals surface area contributed by atoms with Gasteiger partial charge in [-0.1, -0.05) is 43.2 Å². The Kier molecular flexibility index (Phi) is 10.6. The van der Waals surface area contributed by atoms with Gasteiger partial charge in [-0.25, -0.2) is 4.79 Å². The van der Waals surface area contributed by atoms with Crippen molar-refractivity contribution >= 4 is 28.2 Å². The molecule has 0 saturated carbocycles. The van der Waals surface area contributed by atoms with Crippen LogP contribution in [0.2, 0.25) is 0 Å². The molecule has 0 saturated heterocycles. The van der Waals surface area contributed by atoms with E-state index in [-0.39, 0.29) is 18.9 Å². The number of carbonyl (C=O) groups is 2. The highest BCUT2D eigenvalue weighted by Gasteiger charge is 2.23. The Morgan fingerprint density at radius 2 is 1.73 bits per heavy atom. The minimum atomic E-state index is -0.436. The first-order valence-electron chi connectivity index (χ1n) is 12.9. The number of esters is 1. The summed E-state index contributed by atoms with van der Waals surface area (Å²) in [6.07, 6.45) is 2.84. The van der Waals surface area contributed by atoms with Gasteiger partial charge in [0.2, 0.25) is 5.91 Å². The van der Waals surface area contributed by atoms with E-state index in [9.17, 15) is 9.59 Å². The number of hydrogen-bond donors (Lipinski definition) is 1. The maximum atomic E-state index is 12.9. The predicted octanol–water partition coefficient (Wildman–Crippen LogP) is 7.36. The number of ether oxygens (including phenoxy) is 3. The molecule has 198 valence electrons. The van der Waals surface area contributed by atoms with Crippen LogP contribution in [0.4, 0.5) is 5.00 Å². The summed E-state index contributed by atoms with van der Waals surface area (Å²) in [5.41, 5.74) is 5.32. The van der Waals surface area contributed by atoms with Crippen LogP contribution in [-0.2, 0) is 16.0 Å². The maximum absolute atomic E-state index is 12.9. The monoisotopic (exact) mass is 523 g/mol. The summed E-state index contributed by atoms with van der Waals surface area (Å²) in [5.74, 6) is 0.812. The van der Waals surface area contributed by atoms with Crippen LogP contribution in [-0.4, -0.2) is 31.7 Å². The summed E-state index contributed by atoms with van der Waals surface area (Å²) < 4.78 is 17.0. The lowest BCUT2D eigenvalue weighted by atomic mass is 9.97. The summed E-state index contributed by atoms with van der Waals surface area (Å²) in [6.45, 7) is 11.3. The van der Waals surface area contributed by atoms with Gasteiger partial charge in [0.05, 0.1) is 19.8 Å². The van der Waals surface area contributed by atoms with Crippen molar-refractivity contribution in [1.82, 2.24) is 0 Å². The van der Waals surface area contributed by atoms with E-state index in [1.54, 1.807) is 6.92 Å². The lowest BCUT2D eigenvalue weighted by Gasteiger charge is -2.13. The first kappa shape index (κ1) is 28.3. The Bertz CT molecular complexity index is 1220. The Balaban J connectivity index is 1.75. The SMILES string of the molecule is CCCCOc1ccc(CCC(=O)Nc2scc(-c3ccc(C)cc3C)c2C(=O)OCC)cc1OCC. The third-order valence-electron chi connectivity index (χ3n) is 5.90. The average Bonchev–Trinajstić information content (AvgIpc) is 3.27. The van der Waals surface area contributed by atoms with Gasteiger partial charge in [0.15, 0.2) is 11.5 Å². The van der Waals surface area contributed by atoms with E-state index in [1.807, 2.05) is 56.5 Å². The molecule has 0 aliphatic rings. The van der Waals surface area contributed by atoms with E-state index < -0.39 is 5.97 Å². The molecular weight excluding hydrogens is 486 g/mol. The van der Waals surface area contributed by atoms with Crippen molar-refractivity contribution < 1.29 is 23.8 Å². The number of carbonyl (C=O) groups excluding carboxylic acids is 2. The van der Waals surface area contributed by atoms with E-state index >= 15 is 0 Å².